The summed E-state index contributed by atoms with van der Waals surface area (Å²) >= 11 is 0. The van der Waals surface area contributed by atoms with Crippen LogP contribution in [0.4, 0.5) is 0 Å². The highest BCUT2D eigenvalue weighted by atomic mass is 16.6. The number of ether oxygens (including phenoxy) is 2. The molecular weight excluding hydrogens is 454 g/mol. The molecule has 0 aliphatic carbocycles. The zero-order chi connectivity index (χ0) is 26.5. The normalized spacial score (nSPS) is 12.1. The first kappa shape index (κ1) is 26.8. The molecule has 0 amide bonds. The molecule has 0 fully saturated rings. The van der Waals surface area contributed by atoms with Crippen molar-refractivity contribution >= 4 is 17.7 Å². The Hall–Kier alpha value is -3.77. The molecule has 0 saturated heterocycles. The van der Waals surface area contributed by atoms with Crippen LogP contribution in [0.3, 0.4) is 0 Å². The molecule has 3 aromatic carbocycles. The van der Waals surface area contributed by atoms with Crippen molar-refractivity contribution in [2.24, 2.45) is 11.1 Å². The lowest BCUT2D eigenvalue weighted by molar-refractivity contribution is -0.136. The number of carbonyl (C=O) groups is 3. The molecule has 0 aliphatic heterocycles. The number of benzene rings is 3. The van der Waals surface area contributed by atoms with Crippen LogP contribution in [0.1, 0.15) is 53.4 Å². The molecule has 6 heteroatoms. The maximum absolute atomic E-state index is 13.0. The largest absolute Gasteiger partial charge is 0.422 e. The highest BCUT2D eigenvalue weighted by Gasteiger charge is 2.29. The molecule has 0 bridgehead atoms. The Morgan fingerprint density at radius 3 is 1.61 bits per heavy atom. The molecule has 6 nitrogen and oxygen atoms in total. The maximum atomic E-state index is 13.0. The molecule has 188 valence electrons. The minimum atomic E-state index is -0.761. The Bertz CT molecular complexity index is 1240. The van der Waals surface area contributed by atoms with Crippen LogP contribution in [0.5, 0.6) is 11.5 Å². The zero-order valence-corrected chi connectivity index (χ0v) is 21.5. The SMILES string of the molecule is Cc1ccc(CC(=O)Oc2ccc(C(=O)C(N)C(C)(C)C)cc2OC(=O)Cc2ccc(C)cc2)cc1. The van der Waals surface area contributed by atoms with Crippen molar-refractivity contribution in [2.75, 3.05) is 0 Å². The molecule has 0 spiro atoms. The minimum absolute atomic E-state index is 0.00340. The summed E-state index contributed by atoms with van der Waals surface area (Å²) in [5, 5.41) is 0. The number of hydrogen-bond acceptors (Lipinski definition) is 6. The van der Waals surface area contributed by atoms with Crippen molar-refractivity contribution in [3.63, 3.8) is 0 Å². The standard InChI is InChI=1S/C30H33NO5/c1-19-6-10-21(11-7-19)16-26(32)35-24-15-14-23(28(34)29(31)30(3,4)5)18-25(24)36-27(33)17-22-12-8-20(2)9-13-22/h6-15,18,29H,16-17,31H2,1-5H3. The van der Waals surface area contributed by atoms with Crippen molar-refractivity contribution in [3.8, 4) is 11.5 Å². The van der Waals surface area contributed by atoms with E-state index in [1.54, 1.807) is 0 Å². The molecule has 2 N–H and O–H groups in total. The third-order valence-corrected chi connectivity index (χ3v) is 5.83. The Morgan fingerprint density at radius 1 is 0.722 bits per heavy atom. The number of Topliss-reactive ketones (excluding diaryl/α,β-unsaturated/α-hetero) is 1. The molecule has 36 heavy (non-hydrogen) atoms. The van der Waals surface area contributed by atoms with Crippen LogP contribution in [-0.2, 0) is 22.4 Å². The summed E-state index contributed by atoms with van der Waals surface area (Å²) in [6, 6.07) is 18.7. The molecule has 1 unspecified atom stereocenters. The van der Waals surface area contributed by atoms with E-state index in [1.807, 2.05) is 83.1 Å². The van der Waals surface area contributed by atoms with E-state index < -0.39 is 23.4 Å². The van der Waals surface area contributed by atoms with Crippen LogP contribution >= 0.6 is 0 Å². The van der Waals surface area contributed by atoms with Gasteiger partial charge < -0.3 is 15.2 Å². The van der Waals surface area contributed by atoms with E-state index >= 15 is 0 Å². The van der Waals surface area contributed by atoms with E-state index in [1.165, 1.54) is 18.2 Å². The first-order valence-corrected chi connectivity index (χ1v) is 11.9. The van der Waals surface area contributed by atoms with E-state index in [0.717, 1.165) is 22.3 Å². The molecule has 0 aliphatic rings. The number of rotatable bonds is 8. The highest BCUT2D eigenvalue weighted by molar-refractivity contribution is 6.01. The van der Waals surface area contributed by atoms with Gasteiger partial charge in [0.25, 0.3) is 0 Å². The van der Waals surface area contributed by atoms with Gasteiger partial charge in [-0.05, 0) is 48.6 Å². The summed E-state index contributed by atoms with van der Waals surface area (Å²) in [6.07, 6.45) is 0.0727. The number of nitrogens with two attached hydrogens (primary N) is 1. The van der Waals surface area contributed by atoms with E-state index in [9.17, 15) is 14.4 Å². The minimum Gasteiger partial charge on any atom is -0.422 e. The monoisotopic (exact) mass is 487 g/mol. The second kappa shape index (κ2) is 11.3. The van der Waals surface area contributed by atoms with Crippen LogP contribution in [0.2, 0.25) is 0 Å². The van der Waals surface area contributed by atoms with E-state index in [-0.39, 0.29) is 35.7 Å². The Morgan fingerprint density at radius 2 is 1.17 bits per heavy atom. The molecule has 1 atom stereocenters. The molecule has 0 saturated carbocycles. The van der Waals surface area contributed by atoms with Gasteiger partial charge in [0.05, 0.1) is 18.9 Å². The van der Waals surface area contributed by atoms with E-state index in [2.05, 4.69) is 0 Å². The Balaban J connectivity index is 1.84. The molecule has 0 heterocycles. The van der Waals surface area contributed by atoms with Gasteiger partial charge in [0, 0.05) is 5.56 Å². The fraction of sp³-hybridized carbons (Fsp3) is 0.300. The second-order valence-electron chi connectivity index (χ2n) is 10.1. The van der Waals surface area contributed by atoms with Gasteiger partial charge in [-0.1, -0.05) is 80.4 Å². The third-order valence-electron chi connectivity index (χ3n) is 5.83. The quantitative estimate of drug-likeness (QED) is 0.268. The predicted octanol–water partition coefficient (Wildman–Crippen LogP) is 5.16. The third kappa shape index (κ3) is 7.36. The molecule has 3 aromatic rings. The van der Waals surface area contributed by atoms with E-state index in [0.29, 0.717) is 0 Å². The zero-order valence-electron chi connectivity index (χ0n) is 21.5. The number of hydrogen-bond donors (Lipinski definition) is 1. The summed E-state index contributed by atoms with van der Waals surface area (Å²) in [7, 11) is 0. The van der Waals surface area contributed by atoms with Gasteiger partial charge in [-0.3, -0.25) is 14.4 Å². The number of ketones is 1. The van der Waals surface area contributed by atoms with Crippen LogP contribution in [0.25, 0.3) is 0 Å². The molecule has 0 aromatic heterocycles. The van der Waals surface area contributed by atoms with Gasteiger partial charge in [0.15, 0.2) is 17.3 Å². The average molecular weight is 488 g/mol. The van der Waals surface area contributed by atoms with Crippen molar-refractivity contribution in [1.29, 1.82) is 0 Å². The second-order valence-corrected chi connectivity index (χ2v) is 10.1. The van der Waals surface area contributed by atoms with Crippen molar-refractivity contribution < 1.29 is 23.9 Å². The summed E-state index contributed by atoms with van der Waals surface area (Å²) in [4.78, 5) is 38.3. The van der Waals surface area contributed by atoms with Gasteiger partial charge in [0.1, 0.15) is 0 Å². The lowest BCUT2D eigenvalue weighted by Crippen LogP contribution is -2.42. The van der Waals surface area contributed by atoms with Gasteiger partial charge in [-0.25, -0.2) is 0 Å². The van der Waals surface area contributed by atoms with E-state index in [4.69, 9.17) is 15.2 Å². The smallest absolute Gasteiger partial charge is 0.315 e. The molecular formula is C30H33NO5. The first-order valence-electron chi connectivity index (χ1n) is 11.9. The number of aryl methyl sites for hydroxylation is 2. The van der Waals surface area contributed by atoms with Crippen molar-refractivity contribution in [1.82, 2.24) is 0 Å². The van der Waals surface area contributed by atoms with Crippen molar-refractivity contribution in [2.45, 2.75) is 53.5 Å². The maximum Gasteiger partial charge on any atom is 0.315 e. The topological polar surface area (TPSA) is 95.7 Å². The highest BCUT2D eigenvalue weighted by Crippen LogP contribution is 2.31. The van der Waals surface area contributed by atoms with Crippen LogP contribution in [-0.4, -0.2) is 23.8 Å². The van der Waals surface area contributed by atoms with Crippen LogP contribution in [0.15, 0.2) is 66.7 Å². The molecule has 0 radical (unpaired) electrons. The lowest BCUT2D eigenvalue weighted by atomic mass is 9.83. The summed E-state index contributed by atoms with van der Waals surface area (Å²) in [6.45, 7) is 9.55. The fourth-order valence-electron chi connectivity index (χ4n) is 3.46. The fourth-order valence-corrected chi connectivity index (χ4v) is 3.46. The Labute approximate surface area is 212 Å². The Kier molecular flexibility index (Phi) is 8.43. The average Bonchev–Trinajstić information content (AvgIpc) is 2.81. The lowest BCUT2D eigenvalue weighted by Gasteiger charge is -2.25. The number of esters is 2. The summed E-state index contributed by atoms with van der Waals surface area (Å²) in [5.74, 6) is -1.29. The predicted molar refractivity (Wildman–Crippen MR) is 139 cm³/mol. The van der Waals surface area contributed by atoms with Crippen LogP contribution < -0.4 is 15.2 Å². The van der Waals surface area contributed by atoms with Crippen LogP contribution in [0, 0.1) is 19.3 Å². The number of carbonyl (C=O) groups excluding carboxylic acids is 3. The van der Waals surface area contributed by atoms with Gasteiger partial charge in [-0.2, -0.15) is 0 Å². The summed E-state index contributed by atoms with van der Waals surface area (Å²) < 4.78 is 11.1. The summed E-state index contributed by atoms with van der Waals surface area (Å²) in [5.41, 5.74) is 9.72. The van der Waals surface area contributed by atoms with Crippen molar-refractivity contribution in [3.05, 3.63) is 94.5 Å². The van der Waals surface area contributed by atoms with Gasteiger partial charge in [-0.15, -0.1) is 0 Å². The first-order chi connectivity index (χ1) is 16.9. The molecule has 3 rings (SSSR count). The van der Waals surface area contributed by atoms with Gasteiger partial charge >= 0.3 is 11.9 Å². The van der Waals surface area contributed by atoms with Gasteiger partial charge in [0.2, 0.25) is 0 Å².